The molecule has 1 aromatic heterocycles. The van der Waals surface area contributed by atoms with Crippen molar-refractivity contribution in [2.45, 2.75) is 25.7 Å². The van der Waals surface area contributed by atoms with E-state index in [-0.39, 0.29) is 11.5 Å². The highest BCUT2D eigenvalue weighted by molar-refractivity contribution is 7.88. The van der Waals surface area contributed by atoms with Gasteiger partial charge >= 0.3 is 5.97 Å². The Morgan fingerprint density at radius 1 is 1.15 bits per heavy atom. The van der Waals surface area contributed by atoms with Crippen molar-refractivity contribution in [2.75, 3.05) is 19.3 Å². The molecule has 1 fully saturated rings. The van der Waals surface area contributed by atoms with Gasteiger partial charge in [0.05, 0.1) is 17.5 Å². The standard InChI is InChI=1S/C18H21N3O4S/c1-12-19-16(13-3-5-15(6-4-13)18(22)23)11-17(20-12)14-7-9-21(10-8-14)26(2,24)25/h3-6,11,14H,7-10H2,1-2H3,(H,22,23). The summed E-state index contributed by atoms with van der Waals surface area (Å²) in [5, 5.41) is 9.01. The minimum atomic E-state index is -3.15. The van der Waals surface area contributed by atoms with E-state index in [2.05, 4.69) is 9.97 Å². The van der Waals surface area contributed by atoms with Crippen LogP contribution in [0.25, 0.3) is 11.3 Å². The van der Waals surface area contributed by atoms with Crippen molar-refractivity contribution < 1.29 is 18.3 Å². The lowest BCUT2D eigenvalue weighted by atomic mass is 9.93. The van der Waals surface area contributed by atoms with Gasteiger partial charge in [-0.15, -0.1) is 0 Å². The molecule has 26 heavy (non-hydrogen) atoms. The maximum atomic E-state index is 11.7. The van der Waals surface area contributed by atoms with Crippen molar-refractivity contribution in [2.24, 2.45) is 0 Å². The second kappa shape index (κ2) is 7.13. The van der Waals surface area contributed by atoms with Crippen molar-refractivity contribution >= 4 is 16.0 Å². The number of benzene rings is 1. The van der Waals surface area contributed by atoms with E-state index in [1.54, 1.807) is 24.3 Å². The van der Waals surface area contributed by atoms with Gasteiger partial charge in [0.15, 0.2) is 0 Å². The highest BCUT2D eigenvalue weighted by atomic mass is 32.2. The number of sulfonamides is 1. The van der Waals surface area contributed by atoms with E-state index < -0.39 is 16.0 Å². The summed E-state index contributed by atoms with van der Waals surface area (Å²) in [5.41, 5.74) is 2.71. The molecular formula is C18H21N3O4S. The molecule has 0 bridgehead atoms. The van der Waals surface area contributed by atoms with Crippen LogP contribution in [0.5, 0.6) is 0 Å². The fraction of sp³-hybridized carbons (Fsp3) is 0.389. The van der Waals surface area contributed by atoms with Crippen LogP contribution in [-0.2, 0) is 10.0 Å². The molecule has 7 nitrogen and oxygen atoms in total. The van der Waals surface area contributed by atoms with Crippen LogP contribution < -0.4 is 0 Å². The first-order valence-corrected chi connectivity index (χ1v) is 10.2. The smallest absolute Gasteiger partial charge is 0.335 e. The van der Waals surface area contributed by atoms with E-state index >= 15 is 0 Å². The third kappa shape index (κ3) is 4.08. The van der Waals surface area contributed by atoms with Crippen LogP contribution in [0, 0.1) is 6.92 Å². The van der Waals surface area contributed by atoms with Gasteiger partial charge in [0.2, 0.25) is 10.0 Å². The van der Waals surface area contributed by atoms with Crippen LogP contribution in [0.2, 0.25) is 0 Å². The average molecular weight is 375 g/mol. The Kier molecular flexibility index (Phi) is 5.06. The number of aromatic nitrogens is 2. The molecule has 1 aromatic carbocycles. The second-order valence-corrected chi connectivity index (χ2v) is 8.53. The quantitative estimate of drug-likeness (QED) is 0.880. The Hall–Kier alpha value is -2.32. The first-order chi connectivity index (χ1) is 12.2. The van der Waals surface area contributed by atoms with Crippen LogP contribution in [0.3, 0.4) is 0 Å². The maximum Gasteiger partial charge on any atom is 0.335 e. The molecule has 1 saturated heterocycles. The summed E-state index contributed by atoms with van der Waals surface area (Å²) in [6, 6.07) is 8.50. The third-order valence-electron chi connectivity index (χ3n) is 4.63. The summed E-state index contributed by atoms with van der Waals surface area (Å²) in [6.45, 7) is 2.81. The summed E-state index contributed by atoms with van der Waals surface area (Å²) >= 11 is 0. The first-order valence-electron chi connectivity index (χ1n) is 8.38. The van der Waals surface area contributed by atoms with E-state index in [4.69, 9.17) is 5.11 Å². The van der Waals surface area contributed by atoms with Crippen molar-refractivity contribution in [1.82, 2.24) is 14.3 Å². The minimum Gasteiger partial charge on any atom is -0.478 e. The molecule has 0 aliphatic carbocycles. The van der Waals surface area contributed by atoms with Gasteiger partial charge in [-0.2, -0.15) is 0 Å². The first kappa shape index (κ1) is 18.5. The number of piperidine rings is 1. The molecule has 3 rings (SSSR count). The number of hydrogen-bond acceptors (Lipinski definition) is 5. The number of hydrogen-bond donors (Lipinski definition) is 1. The van der Waals surface area contributed by atoms with Gasteiger partial charge in [0.1, 0.15) is 5.82 Å². The summed E-state index contributed by atoms with van der Waals surface area (Å²) < 4.78 is 24.8. The van der Waals surface area contributed by atoms with Crippen LogP contribution in [0.1, 0.15) is 40.6 Å². The van der Waals surface area contributed by atoms with E-state index in [1.165, 1.54) is 10.6 Å². The van der Waals surface area contributed by atoms with Crippen LogP contribution >= 0.6 is 0 Å². The molecule has 0 radical (unpaired) electrons. The summed E-state index contributed by atoms with van der Waals surface area (Å²) in [5.74, 6) is -0.133. The van der Waals surface area contributed by atoms with Crippen LogP contribution in [-0.4, -0.2) is 53.1 Å². The molecule has 1 aliphatic rings. The number of aromatic carboxylic acids is 1. The molecule has 1 N–H and O–H groups in total. The average Bonchev–Trinajstić information content (AvgIpc) is 2.60. The van der Waals surface area contributed by atoms with Gasteiger partial charge in [-0.3, -0.25) is 0 Å². The van der Waals surface area contributed by atoms with E-state index in [0.29, 0.717) is 18.9 Å². The van der Waals surface area contributed by atoms with Gasteiger partial charge in [0.25, 0.3) is 0 Å². The highest BCUT2D eigenvalue weighted by Crippen LogP contribution is 2.30. The van der Waals surface area contributed by atoms with E-state index in [1.807, 2.05) is 13.0 Å². The topological polar surface area (TPSA) is 100 Å². The highest BCUT2D eigenvalue weighted by Gasteiger charge is 2.27. The zero-order chi connectivity index (χ0) is 18.9. The lowest BCUT2D eigenvalue weighted by Gasteiger charge is -2.30. The minimum absolute atomic E-state index is 0.187. The van der Waals surface area contributed by atoms with Crippen molar-refractivity contribution in [1.29, 1.82) is 0 Å². The Balaban J connectivity index is 1.83. The molecule has 138 valence electrons. The number of carboxylic acids is 1. The maximum absolute atomic E-state index is 11.7. The van der Waals surface area contributed by atoms with E-state index in [0.717, 1.165) is 29.8 Å². The lowest BCUT2D eigenvalue weighted by Crippen LogP contribution is -2.37. The van der Waals surface area contributed by atoms with Crippen molar-refractivity contribution in [3.05, 3.63) is 47.4 Å². The molecule has 0 amide bonds. The third-order valence-corrected chi connectivity index (χ3v) is 5.93. The van der Waals surface area contributed by atoms with Crippen LogP contribution in [0.4, 0.5) is 0 Å². The predicted molar refractivity (Wildman–Crippen MR) is 97.6 cm³/mol. The Labute approximate surface area is 152 Å². The van der Waals surface area contributed by atoms with Gasteiger partial charge in [-0.05, 0) is 38.0 Å². The normalized spacial score (nSPS) is 16.5. The summed E-state index contributed by atoms with van der Waals surface area (Å²) in [6.07, 6.45) is 2.68. The van der Waals surface area contributed by atoms with Gasteiger partial charge in [-0.25, -0.2) is 27.5 Å². The number of carboxylic acid groups (broad SMARTS) is 1. The summed E-state index contributed by atoms with van der Waals surface area (Å²) in [4.78, 5) is 20.0. The molecule has 2 heterocycles. The predicted octanol–water partition coefficient (Wildman–Crippen LogP) is 2.29. The second-order valence-electron chi connectivity index (χ2n) is 6.54. The largest absolute Gasteiger partial charge is 0.478 e. The SMILES string of the molecule is Cc1nc(-c2ccc(C(=O)O)cc2)cc(C2CCN(S(C)(=O)=O)CC2)n1. The van der Waals surface area contributed by atoms with Gasteiger partial charge < -0.3 is 5.11 Å². The molecule has 0 saturated carbocycles. The Bertz CT molecular complexity index is 918. The zero-order valence-electron chi connectivity index (χ0n) is 14.7. The number of aryl methyl sites for hydroxylation is 1. The van der Waals surface area contributed by atoms with Gasteiger partial charge in [0, 0.05) is 30.3 Å². The van der Waals surface area contributed by atoms with Crippen molar-refractivity contribution in [3.8, 4) is 11.3 Å². The van der Waals surface area contributed by atoms with Gasteiger partial charge in [-0.1, -0.05) is 12.1 Å². The molecule has 0 atom stereocenters. The Morgan fingerprint density at radius 2 is 1.77 bits per heavy atom. The van der Waals surface area contributed by atoms with Crippen molar-refractivity contribution in [3.63, 3.8) is 0 Å². The lowest BCUT2D eigenvalue weighted by molar-refractivity contribution is 0.0697. The number of carbonyl (C=O) groups is 1. The fourth-order valence-electron chi connectivity index (χ4n) is 3.21. The molecule has 0 unspecified atom stereocenters. The summed E-state index contributed by atoms with van der Waals surface area (Å²) in [7, 11) is -3.15. The molecule has 0 spiro atoms. The Morgan fingerprint density at radius 3 is 2.31 bits per heavy atom. The number of nitrogens with zero attached hydrogens (tertiary/aromatic N) is 3. The molecule has 2 aromatic rings. The monoisotopic (exact) mass is 375 g/mol. The molecule has 8 heteroatoms. The fourth-order valence-corrected chi connectivity index (χ4v) is 4.09. The molecule has 1 aliphatic heterocycles. The van der Waals surface area contributed by atoms with Crippen LogP contribution in [0.15, 0.2) is 30.3 Å². The van der Waals surface area contributed by atoms with E-state index in [9.17, 15) is 13.2 Å². The number of rotatable bonds is 4. The zero-order valence-corrected chi connectivity index (χ0v) is 15.5. The molecular weight excluding hydrogens is 354 g/mol.